The molecule has 0 saturated carbocycles. The molecule has 0 aromatic rings. The van der Waals surface area contributed by atoms with Gasteiger partial charge in [-0.3, -0.25) is 4.79 Å². The topological polar surface area (TPSA) is 49.3 Å². The fourth-order valence-corrected chi connectivity index (χ4v) is 0.859. The van der Waals surface area contributed by atoms with E-state index in [-0.39, 0.29) is 17.9 Å². The first-order chi connectivity index (χ1) is 6.40. The minimum atomic E-state index is 0.0350. The Bertz CT molecular complexity index is 176. The summed E-state index contributed by atoms with van der Waals surface area (Å²) in [5.41, 5.74) is 0.134. The van der Waals surface area contributed by atoms with Crippen molar-refractivity contribution in [3.05, 3.63) is 0 Å². The van der Waals surface area contributed by atoms with Crippen molar-refractivity contribution in [1.82, 2.24) is 5.32 Å². The highest BCUT2D eigenvalue weighted by atomic mass is 16.3. The van der Waals surface area contributed by atoms with Crippen LogP contribution in [0.15, 0.2) is 0 Å². The first-order valence-corrected chi connectivity index (χ1v) is 5.27. The maximum Gasteiger partial charge on any atom is 0.220 e. The van der Waals surface area contributed by atoms with Crippen molar-refractivity contribution in [3.63, 3.8) is 0 Å². The second kappa shape index (κ2) is 6.02. The van der Waals surface area contributed by atoms with Crippen molar-refractivity contribution in [1.29, 1.82) is 0 Å². The molecule has 0 aliphatic rings. The van der Waals surface area contributed by atoms with E-state index in [4.69, 9.17) is 5.11 Å². The molecule has 0 atom stereocenters. The van der Waals surface area contributed by atoms with Crippen molar-refractivity contribution >= 4 is 5.91 Å². The summed E-state index contributed by atoms with van der Waals surface area (Å²) in [6.45, 7) is 9.38. The van der Waals surface area contributed by atoms with Gasteiger partial charge in [-0.1, -0.05) is 27.7 Å². The molecule has 0 spiro atoms. The lowest BCUT2D eigenvalue weighted by atomic mass is 9.81. The third-order valence-corrected chi connectivity index (χ3v) is 2.87. The van der Waals surface area contributed by atoms with Crippen LogP contribution in [0, 0.1) is 11.3 Å². The maximum absolute atomic E-state index is 11.2. The van der Waals surface area contributed by atoms with Crippen LogP contribution in [0.25, 0.3) is 0 Å². The molecule has 0 bridgehead atoms. The van der Waals surface area contributed by atoms with Gasteiger partial charge >= 0.3 is 0 Å². The normalized spacial score (nSPS) is 11.9. The molecule has 0 heterocycles. The van der Waals surface area contributed by atoms with Crippen LogP contribution in [-0.4, -0.2) is 24.2 Å². The molecule has 3 heteroatoms. The smallest absolute Gasteiger partial charge is 0.220 e. The number of rotatable bonds is 6. The van der Waals surface area contributed by atoms with Gasteiger partial charge in [0.1, 0.15) is 0 Å². The number of aliphatic hydroxyl groups excluding tert-OH is 1. The summed E-state index contributed by atoms with van der Waals surface area (Å²) >= 11 is 0. The van der Waals surface area contributed by atoms with E-state index in [0.717, 1.165) is 0 Å². The predicted octanol–water partition coefficient (Wildman–Crippen LogP) is 1.56. The number of carbonyl (C=O) groups excluding carboxylic acids is 1. The molecule has 84 valence electrons. The standard InChI is InChI=1S/C11H23NO2/c1-9(2)11(3,4)8-12-10(14)6-5-7-13/h9,13H,5-8H2,1-4H3,(H,12,14). The number of hydrogen-bond acceptors (Lipinski definition) is 2. The van der Waals surface area contributed by atoms with E-state index in [1.165, 1.54) is 0 Å². The van der Waals surface area contributed by atoms with E-state index >= 15 is 0 Å². The van der Waals surface area contributed by atoms with Gasteiger partial charge in [0.2, 0.25) is 5.91 Å². The fraction of sp³-hybridized carbons (Fsp3) is 0.909. The molecule has 0 unspecified atom stereocenters. The van der Waals surface area contributed by atoms with Crippen LogP contribution in [0.2, 0.25) is 0 Å². The summed E-state index contributed by atoms with van der Waals surface area (Å²) < 4.78 is 0. The van der Waals surface area contributed by atoms with Crippen molar-refractivity contribution in [2.24, 2.45) is 11.3 Å². The number of hydrogen-bond donors (Lipinski definition) is 2. The molecule has 0 aliphatic heterocycles. The molecule has 0 fully saturated rings. The third-order valence-electron chi connectivity index (χ3n) is 2.87. The van der Waals surface area contributed by atoms with Gasteiger partial charge in [0.15, 0.2) is 0 Å². The van der Waals surface area contributed by atoms with Crippen LogP contribution in [0.5, 0.6) is 0 Å². The zero-order valence-electron chi connectivity index (χ0n) is 9.76. The number of aliphatic hydroxyl groups is 1. The second-order valence-electron chi connectivity index (χ2n) is 4.75. The third kappa shape index (κ3) is 5.22. The summed E-state index contributed by atoms with van der Waals surface area (Å²) in [5, 5.41) is 11.4. The van der Waals surface area contributed by atoms with Crippen LogP contribution in [0.1, 0.15) is 40.5 Å². The Morgan fingerprint density at radius 3 is 2.43 bits per heavy atom. The zero-order chi connectivity index (χ0) is 11.2. The fourth-order valence-electron chi connectivity index (χ4n) is 0.859. The lowest BCUT2D eigenvalue weighted by molar-refractivity contribution is -0.121. The zero-order valence-corrected chi connectivity index (χ0v) is 9.76. The molecular formula is C11H23NO2. The maximum atomic E-state index is 11.2. The van der Waals surface area contributed by atoms with Gasteiger partial charge in [0, 0.05) is 19.6 Å². The monoisotopic (exact) mass is 201 g/mol. The van der Waals surface area contributed by atoms with Crippen molar-refractivity contribution in [2.45, 2.75) is 40.5 Å². The quantitative estimate of drug-likeness (QED) is 0.685. The Balaban J connectivity index is 3.76. The highest BCUT2D eigenvalue weighted by molar-refractivity contribution is 5.75. The number of amides is 1. The summed E-state index contributed by atoms with van der Waals surface area (Å²) in [6.07, 6.45) is 0.971. The molecule has 0 rings (SSSR count). The van der Waals surface area contributed by atoms with Crippen LogP contribution in [-0.2, 0) is 4.79 Å². The van der Waals surface area contributed by atoms with Gasteiger partial charge in [-0.2, -0.15) is 0 Å². The van der Waals surface area contributed by atoms with E-state index in [2.05, 4.69) is 33.0 Å². The van der Waals surface area contributed by atoms with Gasteiger partial charge in [-0.15, -0.1) is 0 Å². The molecule has 1 amide bonds. The molecule has 0 saturated heterocycles. The minimum Gasteiger partial charge on any atom is -0.396 e. The van der Waals surface area contributed by atoms with Crippen LogP contribution < -0.4 is 5.32 Å². The molecule has 0 aliphatic carbocycles. The van der Waals surface area contributed by atoms with Crippen molar-refractivity contribution in [2.75, 3.05) is 13.2 Å². The van der Waals surface area contributed by atoms with Crippen molar-refractivity contribution in [3.8, 4) is 0 Å². The van der Waals surface area contributed by atoms with Crippen LogP contribution in [0.3, 0.4) is 0 Å². The van der Waals surface area contributed by atoms with E-state index in [1.54, 1.807) is 0 Å². The highest BCUT2D eigenvalue weighted by Gasteiger charge is 2.22. The van der Waals surface area contributed by atoms with E-state index in [9.17, 15) is 4.79 Å². The Labute approximate surface area is 86.9 Å². The summed E-state index contributed by atoms with van der Waals surface area (Å²) in [5.74, 6) is 0.577. The first-order valence-electron chi connectivity index (χ1n) is 5.27. The Hall–Kier alpha value is -0.570. The second-order valence-corrected chi connectivity index (χ2v) is 4.75. The van der Waals surface area contributed by atoms with Gasteiger partial charge in [0.05, 0.1) is 0 Å². The first kappa shape index (κ1) is 13.4. The largest absolute Gasteiger partial charge is 0.396 e. The van der Waals surface area contributed by atoms with Gasteiger partial charge < -0.3 is 10.4 Å². The number of carbonyl (C=O) groups is 1. The average molecular weight is 201 g/mol. The van der Waals surface area contributed by atoms with E-state index < -0.39 is 0 Å². The highest BCUT2D eigenvalue weighted by Crippen LogP contribution is 2.24. The van der Waals surface area contributed by atoms with Crippen molar-refractivity contribution < 1.29 is 9.90 Å². The molecule has 2 N–H and O–H groups in total. The lowest BCUT2D eigenvalue weighted by Crippen LogP contribution is -2.36. The molecule has 0 aromatic carbocycles. The Morgan fingerprint density at radius 2 is 2.00 bits per heavy atom. The molecule has 14 heavy (non-hydrogen) atoms. The SMILES string of the molecule is CC(C)C(C)(C)CNC(=O)CCCO. The number of nitrogens with one attached hydrogen (secondary N) is 1. The summed E-state index contributed by atoms with van der Waals surface area (Å²) in [6, 6.07) is 0. The van der Waals surface area contributed by atoms with Gasteiger partial charge in [-0.05, 0) is 17.8 Å². The predicted molar refractivity (Wildman–Crippen MR) is 57.9 cm³/mol. The Morgan fingerprint density at radius 1 is 1.43 bits per heavy atom. The van der Waals surface area contributed by atoms with E-state index in [1.807, 2.05) is 0 Å². The van der Waals surface area contributed by atoms with Gasteiger partial charge in [0.25, 0.3) is 0 Å². The Kier molecular flexibility index (Phi) is 5.77. The molecule has 3 nitrogen and oxygen atoms in total. The van der Waals surface area contributed by atoms with Crippen LogP contribution in [0.4, 0.5) is 0 Å². The summed E-state index contributed by atoms with van der Waals surface area (Å²) in [4.78, 5) is 11.2. The molecular weight excluding hydrogens is 178 g/mol. The van der Waals surface area contributed by atoms with Gasteiger partial charge in [-0.25, -0.2) is 0 Å². The van der Waals surface area contributed by atoms with Crippen LogP contribution >= 0.6 is 0 Å². The minimum absolute atomic E-state index is 0.0350. The molecule has 0 aromatic heterocycles. The molecule has 0 radical (unpaired) electrons. The lowest BCUT2D eigenvalue weighted by Gasteiger charge is -2.29. The van der Waals surface area contributed by atoms with E-state index in [0.29, 0.717) is 25.3 Å². The average Bonchev–Trinajstić information content (AvgIpc) is 2.11. The summed E-state index contributed by atoms with van der Waals surface area (Å²) in [7, 11) is 0.